The first-order valence-corrected chi connectivity index (χ1v) is 11.1. The molecule has 2 heterocycles. The lowest BCUT2D eigenvalue weighted by Crippen LogP contribution is -2.34. The van der Waals surface area contributed by atoms with Gasteiger partial charge in [-0.25, -0.2) is 0 Å². The van der Waals surface area contributed by atoms with Crippen molar-refractivity contribution in [3.05, 3.63) is 116 Å². The highest BCUT2D eigenvalue weighted by atomic mass is 32.1. The second kappa shape index (κ2) is 9.90. The molecule has 7 heteroatoms. The van der Waals surface area contributed by atoms with Crippen LogP contribution in [0.15, 0.2) is 90.0 Å². The van der Waals surface area contributed by atoms with E-state index in [2.05, 4.69) is 10.3 Å². The molecule has 4 rings (SSSR count). The van der Waals surface area contributed by atoms with Crippen molar-refractivity contribution >= 4 is 28.9 Å². The van der Waals surface area contributed by atoms with Crippen LogP contribution in [0.5, 0.6) is 0 Å². The molecule has 1 atom stereocenters. The molecule has 1 amide bonds. The number of pyridine rings is 1. The van der Waals surface area contributed by atoms with Gasteiger partial charge in [-0.3, -0.25) is 19.1 Å². The summed E-state index contributed by atoms with van der Waals surface area (Å²) in [7, 11) is 0. The minimum Gasteiger partial charge on any atom is -0.345 e. The fraction of sp³-hybridized carbons (Fsp3) is 0.0769. The normalized spacial score (nSPS) is 13.2. The maximum atomic E-state index is 13.4. The largest absolute Gasteiger partial charge is 0.345 e. The molecular formula is C26H20N4O2S. The highest BCUT2D eigenvalue weighted by Crippen LogP contribution is 2.12. The predicted molar refractivity (Wildman–Crippen MR) is 129 cm³/mol. The molecule has 0 spiro atoms. The van der Waals surface area contributed by atoms with Gasteiger partial charge in [-0.2, -0.15) is 5.26 Å². The number of carbonyl (C=O) groups excluding carboxylic acids is 1. The van der Waals surface area contributed by atoms with Crippen molar-refractivity contribution in [1.29, 1.82) is 5.26 Å². The maximum Gasteiger partial charge on any atom is 0.273 e. The van der Waals surface area contributed by atoms with E-state index in [-0.39, 0.29) is 21.8 Å². The second-order valence-corrected chi connectivity index (χ2v) is 8.30. The molecule has 2 aromatic carbocycles. The van der Waals surface area contributed by atoms with E-state index >= 15 is 0 Å². The van der Waals surface area contributed by atoms with Crippen LogP contribution in [0.4, 0.5) is 0 Å². The third kappa shape index (κ3) is 4.81. The van der Waals surface area contributed by atoms with Crippen molar-refractivity contribution in [3.8, 4) is 11.8 Å². The number of amides is 1. The molecule has 6 nitrogen and oxygen atoms in total. The van der Waals surface area contributed by atoms with Crippen molar-refractivity contribution in [3.63, 3.8) is 0 Å². The van der Waals surface area contributed by atoms with E-state index in [4.69, 9.17) is 0 Å². The van der Waals surface area contributed by atoms with Gasteiger partial charge in [0.05, 0.1) is 16.3 Å². The first-order valence-electron chi connectivity index (χ1n) is 10.3. The number of nitrogens with one attached hydrogen (secondary N) is 1. The van der Waals surface area contributed by atoms with Gasteiger partial charge in [-0.15, -0.1) is 11.3 Å². The molecule has 0 aliphatic carbocycles. The Morgan fingerprint density at radius 3 is 2.33 bits per heavy atom. The van der Waals surface area contributed by atoms with Gasteiger partial charge in [0, 0.05) is 12.4 Å². The Morgan fingerprint density at radius 2 is 1.70 bits per heavy atom. The Bertz CT molecular complexity index is 1490. The van der Waals surface area contributed by atoms with Gasteiger partial charge in [0.1, 0.15) is 10.7 Å². The molecule has 0 aliphatic heterocycles. The third-order valence-electron chi connectivity index (χ3n) is 5.04. The lowest BCUT2D eigenvalue weighted by molar-refractivity contribution is -0.116. The Balaban J connectivity index is 1.89. The summed E-state index contributed by atoms with van der Waals surface area (Å²) in [6.07, 6.45) is 5.01. The summed E-state index contributed by atoms with van der Waals surface area (Å²) in [5.41, 5.74) is 1.89. The smallest absolute Gasteiger partial charge is 0.273 e. The number of carbonyl (C=O) groups is 1. The van der Waals surface area contributed by atoms with Crippen LogP contribution < -0.4 is 20.1 Å². The standard InChI is InChI=1S/C26H20N4O2S/c1-18(20-8-4-2-5-9-20)29-24(31)22(17-27)26-30(21-10-6-3-7-11-21)25(32)23(33-26)16-19-12-14-28-15-13-19/h2-16,18H,1H3,(H,29,31)/b23-16+,26-22-/t18-/m0/s1. The molecule has 0 unspecified atom stereocenters. The van der Waals surface area contributed by atoms with Gasteiger partial charge in [0.25, 0.3) is 11.5 Å². The van der Waals surface area contributed by atoms with Crippen molar-refractivity contribution in [2.24, 2.45) is 0 Å². The van der Waals surface area contributed by atoms with Gasteiger partial charge in [0.15, 0.2) is 5.57 Å². The SMILES string of the molecule is C[C@H](NC(=O)/C(C#N)=c1\s/c(=C/c2ccncc2)c(=O)n1-c1ccccc1)c1ccccc1. The van der Waals surface area contributed by atoms with E-state index < -0.39 is 5.91 Å². The lowest BCUT2D eigenvalue weighted by atomic mass is 10.1. The molecular weight excluding hydrogens is 432 g/mol. The number of thiazole rings is 1. The van der Waals surface area contributed by atoms with Crippen LogP contribution in [-0.2, 0) is 4.79 Å². The number of hydrogen-bond acceptors (Lipinski definition) is 5. The highest BCUT2D eigenvalue weighted by molar-refractivity contribution is 7.07. The molecule has 4 aromatic rings. The number of benzene rings is 2. The molecule has 0 saturated heterocycles. The predicted octanol–water partition coefficient (Wildman–Crippen LogP) is 2.67. The van der Waals surface area contributed by atoms with E-state index in [1.54, 1.807) is 54.9 Å². The van der Waals surface area contributed by atoms with Gasteiger partial charge in [0.2, 0.25) is 0 Å². The minimum atomic E-state index is -0.532. The number of hydrogen-bond donors (Lipinski definition) is 1. The number of nitrogens with zero attached hydrogens (tertiary/aromatic N) is 3. The average molecular weight is 453 g/mol. The highest BCUT2D eigenvalue weighted by Gasteiger charge is 2.19. The van der Waals surface area contributed by atoms with Crippen molar-refractivity contribution in [2.75, 3.05) is 0 Å². The fourth-order valence-electron chi connectivity index (χ4n) is 3.36. The van der Waals surface area contributed by atoms with Gasteiger partial charge in [-0.1, -0.05) is 48.5 Å². The van der Waals surface area contributed by atoms with Gasteiger partial charge < -0.3 is 5.32 Å². The monoisotopic (exact) mass is 452 g/mol. The van der Waals surface area contributed by atoms with Gasteiger partial charge in [-0.05, 0) is 48.4 Å². The Labute approximate surface area is 194 Å². The Hall–Kier alpha value is -4.28. The van der Waals surface area contributed by atoms with E-state index in [9.17, 15) is 14.9 Å². The molecule has 1 N–H and O–H groups in total. The number of para-hydroxylation sites is 1. The average Bonchev–Trinajstić information content (AvgIpc) is 3.16. The number of aromatic nitrogens is 2. The summed E-state index contributed by atoms with van der Waals surface area (Å²) in [6.45, 7) is 1.85. The molecule has 0 fully saturated rings. The molecule has 0 radical (unpaired) electrons. The van der Waals surface area contributed by atoms with Crippen LogP contribution in [0.1, 0.15) is 24.1 Å². The van der Waals surface area contributed by atoms with E-state index in [0.29, 0.717) is 10.2 Å². The summed E-state index contributed by atoms with van der Waals surface area (Å²) in [4.78, 5) is 30.5. The van der Waals surface area contributed by atoms with Crippen molar-refractivity contribution < 1.29 is 4.79 Å². The summed E-state index contributed by atoms with van der Waals surface area (Å²) < 4.78 is 2.12. The minimum absolute atomic E-state index is 0.113. The first kappa shape index (κ1) is 21.9. The zero-order chi connectivity index (χ0) is 23.2. The molecule has 33 heavy (non-hydrogen) atoms. The second-order valence-electron chi connectivity index (χ2n) is 7.27. The van der Waals surface area contributed by atoms with Crippen LogP contribution in [0.3, 0.4) is 0 Å². The number of rotatable bonds is 5. The third-order valence-corrected chi connectivity index (χ3v) is 6.13. The molecule has 162 valence electrons. The van der Waals surface area contributed by atoms with E-state index in [1.807, 2.05) is 49.4 Å². The van der Waals surface area contributed by atoms with E-state index in [0.717, 1.165) is 22.5 Å². The first-order chi connectivity index (χ1) is 16.1. The molecule has 0 saturated carbocycles. The van der Waals surface area contributed by atoms with Crippen molar-refractivity contribution in [2.45, 2.75) is 13.0 Å². The summed E-state index contributed by atoms with van der Waals surface area (Å²) in [6, 6.07) is 23.8. The zero-order valence-corrected chi connectivity index (χ0v) is 18.6. The fourth-order valence-corrected chi connectivity index (χ4v) is 4.46. The Kier molecular flexibility index (Phi) is 6.58. The van der Waals surface area contributed by atoms with Gasteiger partial charge >= 0.3 is 0 Å². The molecule has 0 aliphatic rings. The lowest BCUT2D eigenvalue weighted by Gasteiger charge is -2.13. The molecule has 0 bridgehead atoms. The summed E-state index contributed by atoms with van der Waals surface area (Å²) >= 11 is 1.11. The van der Waals surface area contributed by atoms with Crippen LogP contribution in [0.2, 0.25) is 0 Å². The van der Waals surface area contributed by atoms with Crippen LogP contribution in [-0.4, -0.2) is 15.5 Å². The van der Waals surface area contributed by atoms with Crippen LogP contribution in [0, 0.1) is 11.3 Å². The number of nitriles is 1. The summed E-state index contributed by atoms with van der Waals surface area (Å²) in [5.74, 6) is -0.532. The van der Waals surface area contributed by atoms with Crippen molar-refractivity contribution in [1.82, 2.24) is 14.9 Å². The Morgan fingerprint density at radius 1 is 1.06 bits per heavy atom. The quantitative estimate of drug-likeness (QED) is 0.504. The molecule has 2 aromatic heterocycles. The van der Waals surface area contributed by atoms with E-state index in [1.165, 1.54) is 4.57 Å². The maximum absolute atomic E-state index is 13.4. The zero-order valence-electron chi connectivity index (χ0n) is 17.8. The van der Waals surface area contributed by atoms with Crippen LogP contribution in [0.25, 0.3) is 17.3 Å². The topological polar surface area (TPSA) is 87.8 Å². The summed E-state index contributed by atoms with van der Waals surface area (Å²) in [5, 5.41) is 12.8. The van der Waals surface area contributed by atoms with Crippen LogP contribution >= 0.6 is 11.3 Å².